The normalized spacial score (nSPS) is 18.1. The van der Waals surface area contributed by atoms with Gasteiger partial charge in [-0.1, -0.05) is 0 Å². The zero-order chi connectivity index (χ0) is 13.8. The highest BCUT2D eigenvalue weighted by atomic mass is 16.1. The molecule has 3 heterocycles. The number of carbonyl (C=O) groups excluding carboxylic acids is 1. The van der Waals surface area contributed by atoms with Crippen LogP contribution in [-0.4, -0.2) is 38.5 Å². The van der Waals surface area contributed by atoms with Gasteiger partial charge in [-0.3, -0.25) is 9.78 Å². The van der Waals surface area contributed by atoms with E-state index in [1.54, 1.807) is 12.4 Å². The van der Waals surface area contributed by atoms with Crippen LogP contribution in [0.3, 0.4) is 0 Å². The monoisotopic (exact) mass is 272 g/mol. The van der Waals surface area contributed by atoms with E-state index in [2.05, 4.69) is 30.2 Å². The minimum Gasteiger partial charge on any atom is -0.350 e. The average Bonchev–Trinajstić information content (AvgIpc) is 2.83. The summed E-state index contributed by atoms with van der Waals surface area (Å²) in [5.74, 6) is 1.17. The van der Waals surface area contributed by atoms with E-state index in [9.17, 15) is 4.79 Å². The zero-order valence-electron chi connectivity index (χ0n) is 11.0. The van der Waals surface area contributed by atoms with Gasteiger partial charge in [0.15, 0.2) is 0 Å². The lowest BCUT2D eigenvalue weighted by molar-refractivity contribution is 0.0940. The van der Waals surface area contributed by atoms with Gasteiger partial charge in [-0.15, -0.1) is 0 Å². The first-order valence-electron chi connectivity index (χ1n) is 6.58. The van der Waals surface area contributed by atoms with E-state index in [-0.39, 0.29) is 5.91 Å². The van der Waals surface area contributed by atoms with Gasteiger partial charge in [0.2, 0.25) is 0 Å². The SMILES string of the molecule is O=C(NCC1CNCc2nccn2C1)c1cnccn1. The van der Waals surface area contributed by atoms with Crippen LogP contribution in [0.25, 0.3) is 0 Å². The molecule has 0 saturated heterocycles. The third-order valence-corrected chi connectivity index (χ3v) is 3.32. The van der Waals surface area contributed by atoms with Gasteiger partial charge in [0.25, 0.3) is 5.91 Å². The fraction of sp³-hybridized carbons (Fsp3) is 0.385. The van der Waals surface area contributed by atoms with Crippen molar-refractivity contribution < 1.29 is 4.79 Å². The van der Waals surface area contributed by atoms with Gasteiger partial charge in [-0.2, -0.15) is 0 Å². The van der Waals surface area contributed by atoms with Crippen LogP contribution in [0.4, 0.5) is 0 Å². The second kappa shape index (κ2) is 5.79. The number of nitrogens with one attached hydrogen (secondary N) is 2. The maximum atomic E-state index is 11.9. The van der Waals surface area contributed by atoms with Crippen molar-refractivity contribution in [3.05, 3.63) is 42.5 Å². The van der Waals surface area contributed by atoms with Crippen molar-refractivity contribution in [2.75, 3.05) is 13.1 Å². The second-order valence-electron chi connectivity index (χ2n) is 4.79. The van der Waals surface area contributed by atoms with E-state index >= 15 is 0 Å². The van der Waals surface area contributed by atoms with Gasteiger partial charge >= 0.3 is 0 Å². The number of fused-ring (bicyclic) bond motifs is 1. The minimum atomic E-state index is -0.187. The lowest BCUT2D eigenvalue weighted by atomic mass is 10.1. The van der Waals surface area contributed by atoms with E-state index in [0.29, 0.717) is 18.2 Å². The Balaban J connectivity index is 1.58. The van der Waals surface area contributed by atoms with E-state index in [1.807, 2.05) is 6.20 Å². The van der Waals surface area contributed by atoms with Crippen LogP contribution in [0.1, 0.15) is 16.3 Å². The Morgan fingerprint density at radius 2 is 2.35 bits per heavy atom. The number of nitrogens with zero attached hydrogens (tertiary/aromatic N) is 4. The lowest BCUT2D eigenvalue weighted by Gasteiger charge is -2.15. The average molecular weight is 272 g/mol. The van der Waals surface area contributed by atoms with Crippen LogP contribution >= 0.6 is 0 Å². The topological polar surface area (TPSA) is 84.7 Å². The fourth-order valence-corrected chi connectivity index (χ4v) is 2.28. The van der Waals surface area contributed by atoms with Crippen molar-refractivity contribution in [3.8, 4) is 0 Å². The van der Waals surface area contributed by atoms with Crippen molar-refractivity contribution in [2.45, 2.75) is 13.1 Å². The molecule has 0 saturated carbocycles. The molecule has 2 N–H and O–H groups in total. The third kappa shape index (κ3) is 2.83. The molecule has 104 valence electrons. The van der Waals surface area contributed by atoms with Crippen LogP contribution in [0.5, 0.6) is 0 Å². The van der Waals surface area contributed by atoms with Crippen molar-refractivity contribution in [1.29, 1.82) is 0 Å². The Kier molecular flexibility index (Phi) is 3.69. The van der Waals surface area contributed by atoms with E-state index < -0.39 is 0 Å². The first-order chi connectivity index (χ1) is 9.83. The van der Waals surface area contributed by atoms with Crippen molar-refractivity contribution in [1.82, 2.24) is 30.2 Å². The molecule has 3 rings (SSSR count). The molecule has 20 heavy (non-hydrogen) atoms. The molecule has 0 aromatic carbocycles. The zero-order valence-corrected chi connectivity index (χ0v) is 11.0. The molecule has 1 amide bonds. The molecule has 7 heteroatoms. The highest BCUT2D eigenvalue weighted by Crippen LogP contribution is 2.08. The molecule has 0 bridgehead atoms. The summed E-state index contributed by atoms with van der Waals surface area (Å²) in [5, 5.41) is 6.24. The van der Waals surface area contributed by atoms with Crippen molar-refractivity contribution in [2.24, 2.45) is 5.92 Å². The third-order valence-electron chi connectivity index (χ3n) is 3.32. The van der Waals surface area contributed by atoms with Crippen LogP contribution in [-0.2, 0) is 13.1 Å². The van der Waals surface area contributed by atoms with Gasteiger partial charge < -0.3 is 15.2 Å². The largest absolute Gasteiger partial charge is 0.350 e. The number of amides is 1. The van der Waals surface area contributed by atoms with Crippen LogP contribution in [0.2, 0.25) is 0 Å². The molecule has 1 unspecified atom stereocenters. The first-order valence-corrected chi connectivity index (χ1v) is 6.58. The van der Waals surface area contributed by atoms with E-state index in [4.69, 9.17) is 0 Å². The summed E-state index contributed by atoms with van der Waals surface area (Å²) in [6, 6.07) is 0. The van der Waals surface area contributed by atoms with Gasteiger partial charge in [-0.05, 0) is 0 Å². The molecule has 0 fully saturated rings. The lowest BCUT2D eigenvalue weighted by Crippen LogP contribution is -2.35. The van der Waals surface area contributed by atoms with Gasteiger partial charge in [0.05, 0.1) is 12.7 Å². The predicted octanol–water partition coefficient (Wildman–Crippen LogP) is -0.177. The molecular weight excluding hydrogens is 256 g/mol. The predicted molar refractivity (Wildman–Crippen MR) is 71.8 cm³/mol. The van der Waals surface area contributed by atoms with Crippen LogP contribution < -0.4 is 10.6 Å². The smallest absolute Gasteiger partial charge is 0.271 e. The molecule has 7 nitrogen and oxygen atoms in total. The number of carbonyl (C=O) groups is 1. The molecule has 0 aliphatic carbocycles. The number of aromatic nitrogens is 4. The maximum Gasteiger partial charge on any atom is 0.271 e. The molecule has 1 aliphatic heterocycles. The summed E-state index contributed by atoms with van der Waals surface area (Å²) < 4.78 is 2.12. The Morgan fingerprint density at radius 3 is 3.20 bits per heavy atom. The van der Waals surface area contributed by atoms with Gasteiger partial charge in [0.1, 0.15) is 11.5 Å². The molecule has 0 radical (unpaired) electrons. The highest BCUT2D eigenvalue weighted by molar-refractivity contribution is 5.91. The van der Waals surface area contributed by atoms with Crippen LogP contribution in [0, 0.1) is 5.92 Å². The Hall–Kier alpha value is -2.28. The first kappa shape index (κ1) is 12.7. The molecule has 0 spiro atoms. The van der Waals surface area contributed by atoms with Crippen molar-refractivity contribution >= 4 is 5.91 Å². The number of hydrogen-bond donors (Lipinski definition) is 2. The second-order valence-corrected chi connectivity index (χ2v) is 4.79. The van der Waals surface area contributed by atoms with Crippen molar-refractivity contribution in [3.63, 3.8) is 0 Å². The van der Waals surface area contributed by atoms with Crippen LogP contribution in [0.15, 0.2) is 31.0 Å². The highest BCUT2D eigenvalue weighted by Gasteiger charge is 2.17. The summed E-state index contributed by atoms with van der Waals surface area (Å²) in [5.41, 5.74) is 0.345. The van der Waals surface area contributed by atoms with E-state index in [1.165, 1.54) is 12.4 Å². The molecular formula is C13H16N6O. The quantitative estimate of drug-likeness (QED) is 0.810. The fourth-order valence-electron chi connectivity index (χ4n) is 2.28. The van der Waals surface area contributed by atoms with E-state index in [0.717, 1.165) is 25.5 Å². The molecule has 1 atom stereocenters. The Morgan fingerprint density at radius 1 is 1.40 bits per heavy atom. The van der Waals surface area contributed by atoms with Gasteiger partial charge in [-0.25, -0.2) is 9.97 Å². The minimum absolute atomic E-state index is 0.187. The molecule has 2 aromatic heterocycles. The summed E-state index contributed by atoms with van der Waals surface area (Å²) in [6.45, 7) is 3.06. The maximum absolute atomic E-state index is 11.9. The Labute approximate surface area is 116 Å². The summed E-state index contributed by atoms with van der Waals surface area (Å²) in [7, 11) is 0. The number of imidazole rings is 1. The summed E-state index contributed by atoms with van der Waals surface area (Å²) in [4.78, 5) is 24.1. The standard InChI is InChI=1S/C13H16N6O/c20-13(11-7-14-1-2-16-11)18-6-10-5-15-8-12-17-3-4-19(12)9-10/h1-4,7,10,15H,5-6,8-9H2,(H,18,20). The Bertz CT molecular complexity index is 582. The molecule has 2 aromatic rings. The summed E-state index contributed by atoms with van der Waals surface area (Å²) in [6.07, 6.45) is 8.30. The number of rotatable bonds is 3. The number of hydrogen-bond acceptors (Lipinski definition) is 5. The summed E-state index contributed by atoms with van der Waals surface area (Å²) >= 11 is 0. The molecule has 1 aliphatic rings. The van der Waals surface area contributed by atoms with Gasteiger partial charge in [0, 0.05) is 50.3 Å².